The summed E-state index contributed by atoms with van der Waals surface area (Å²) in [6, 6.07) is 16.9. The van der Waals surface area contributed by atoms with Gasteiger partial charge in [0.15, 0.2) is 6.61 Å². The standard InChI is InChI=1S/C23H21ClN2O6S/c24-19-9-8-17(14-21(19)33(29,30)26-10-12-31-13-11-26)23(28)32-15-22(27)25-20-7-3-5-16-4-1-2-6-18(16)20/h1-9,14H,10-13,15H2,(H,25,27). The maximum Gasteiger partial charge on any atom is 0.338 e. The maximum atomic E-state index is 12.9. The highest BCUT2D eigenvalue weighted by Crippen LogP contribution is 2.27. The van der Waals surface area contributed by atoms with Gasteiger partial charge in [0.25, 0.3) is 5.91 Å². The van der Waals surface area contributed by atoms with Gasteiger partial charge in [-0.2, -0.15) is 4.31 Å². The van der Waals surface area contributed by atoms with Gasteiger partial charge in [0.05, 0.1) is 23.8 Å². The molecule has 0 bridgehead atoms. The smallest absolute Gasteiger partial charge is 0.338 e. The van der Waals surface area contributed by atoms with Crippen LogP contribution in [-0.4, -0.2) is 57.5 Å². The number of esters is 1. The van der Waals surface area contributed by atoms with Crippen molar-refractivity contribution in [1.82, 2.24) is 4.31 Å². The van der Waals surface area contributed by atoms with E-state index in [2.05, 4.69) is 5.32 Å². The van der Waals surface area contributed by atoms with Crippen LogP contribution in [0.1, 0.15) is 10.4 Å². The van der Waals surface area contributed by atoms with Crippen LogP contribution in [0.5, 0.6) is 0 Å². The van der Waals surface area contributed by atoms with Crippen molar-refractivity contribution in [3.05, 3.63) is 71.2 Å². The predicted octanol–water partition coefficient (Wildman–Crippen LogP) is 3.31. The topological polar surface area (TPSA) is 102 Å². The van der Waals surface area contributed by atoms with Crippen molar-refractivity contribution in [3.63, 3.8) is 0 Å². The summed E-state index contributed by atoms with van der Waals surface area (Å²) in [5.41, 5.74) is 0.573. The van der Waals surface area contributed by atoms with Crippen LogP contribution in [0.25, 0.3) is 10.8 Å². The lowest BCUT2D eigenvalue weighted by Gasteiger charge is -2.26. The summed E-state index contributed by atoms with van der Waals surface area (Å²) in [4.78, 5) is 24.7. The number of carbonyl (C=O) groups is 2. The number of ether oxygens (including phenoxy) is 2. The predicted molar refractivity (Wildman–Crippen MR) is 124 cm³/mol. The first-order valence-electron chi connectivity index (χ1n) is 10.2. The number of benzene rings is 3. The molecule has 1 aliphatic rings. The Hall–Kier alpha value is -2.98. The largest absolute Gasteiger partial charge is 0.452 e. The summed E-state index contributed by atoms with van der Waals surface area (Å²) < 4.78 is 37.4. The highest BCUT2D eigenvalue weighted by molar-refractivity contribution is 7.89. The van der Waals surface area contributed by atoms with Gasteiger partial charge in [-0.05, 0) is 29.7 Å². The monoisotopic (exact) mass is 488 g/mol. The third-order valence-corrected chi connectivity index (χ3v) is 7.53. The minimum Gasteiger partial charge on any atom is -0.452 e. The van der Waals surface area contributed by atoms with E-state index in [4.69, 9.17) is 21.1 Å². The molecular weight excluding hydrogens is 468 g/mol. The molecule has 1 heterocycles. The van der Waals surface area contributed by atoms with E-state index in [0.29, 0.717) is 5.69 Å². The van der Waals surface area contributed by atoms with Gasteiger partial charge in [-0.1, -0.05) is 48.0 Å². The maximum absolute atomic E-state index is 12.9. The van der Waals surface area contributed by atoms with Crippen molar-refractivity contribution in [2.75, 3.05) is 38.2 Å². The van der Waals surface area contributed by atoms with E-state index >= 15 is 0 Å². The highest BCUT2D eigenvalue weighted by atomic mass is 35.5. The molecule has 0 atom stereocenters. The second kappa shape index (κ2) is 9.88. The number of sulfonamides is 1. The Kier molecular flexibility index (Phi) is 6.94. The van der Waals surface area contributed by atoms with Crippen LogP contribution in [0.2, 0.25) is 5.02 Å². The molecule has 1 saturated heterocycles. The van der Waals surface area contributed by atoms with Gasteiger partial charge in [-0.3, -0.25) is 4.79 Å². The van der Waals surface area contributed by atoms with Gasteiger partial charge in [0, 0.05) is 24.2 Å². The summed E-state index contributed by atoms with van der Waals surface area (Å²) in [6.45, 7) is 0.425. The summed E-state index contributed by atoms with van der Waals surface area (Å²) >= 11 is 6.12. The molecule has 1 fully saturated rings. The van der Waals surface area contributed by atoms with Gasteiger partial charge >= 0.3 is 5.97 Å². The van der Waals surface area contributed by atoms with Crippen molar-refractivity contribution in [2.45, 2.75) is 4.90 Å². The number of nitrogens with zero attached hydrogens (tertiary/aromatic N) is 1. The van der Waals surface area contributed by atoms with E-state index in [9.17, 15) is 18.0 Å². The van der Waals surface area contributed by atoms with Crippen LogP contribution in [-0.2, 0) is 24.3 Å². The minimum absolute atomic E-state index is 0.00765. The summed E-state index contributed by atoms with van der Waals surface area (Å²) in [6.07, 6.45) is 0. The van der Waals surface area contributed by atoms with Crippen LogP contribution in [0.3, 0.4) is 0 Å². The molecule has 33 heavy (non-hydrogen) atoms. The lowest BCUT2D eigenvalue weighted by atomic mass is 10.1. The average molecular weight is 489 g/mol. The third kappa shape index (κ3) is 5.17. The molecule has 0 aliphatic carbocycles. The summed E-state index contributed by atoms with van der Waals surface area (Å²) in [7, 11) is -3.91. The van der Waals surface area contributed by atoms with Crippen molar-refractivity contribution >= 4 is 50.0 Å². The number of fused-ring (bicyclic) bond motifs is 1. The molecule has 1 aliphatic heterocycles. The van der Waals surface area contributed by atoms with E-state index in [1.54, 1.807) is 6.07 Å². The van der Waals surface area contributed by atoms with E-state index in [1.807, 2.05) is 36.4 Å². The fourth-order valence-corrected chi connectivity index (χ4v) is 5.40. The number of hydrogen-bond donors (Lipinski definition) is 1. The first kappa shape index (κ1) is 23.2. The molecule has 0 unspecified atom stereocenters. The minimum atomic E-state index is -3.91. The first-order chi connectivity index (χ1) is 15.9. The zero-order valence-corrected chi connectivity index (χ0v) is 19.1. The quantitative estimate of drug-likeness (QED) is 0.534. The molecule has 4 rings (SSSR count). The molecule has 172 valence electrons. The number of anilines is 1. The van der Waals surface area contributed by atoms with E-state index in [1.165, 1.54) is 16.4 Å². The zero-order valence-electron chi connectivity index (χ0n) is 17.5. The molecule has 1 amide bonds. The van der Waals surface area contributed by atoms with Gasteiger partial charge in [0.2, 0.25) is 10.0 Å². The molecule has 0 saturated carbocycles. The van der Waals surface area contributed by atoms with Crippen LogP contribution < -0.4 is 5.32 Å². The number of amides is 1. The number of hydrogen-bond acceptors (Lipinski definition) is 6. The third-order valence-electron chi connectivity index (χ3n) is 5.15. The number of nitrogens with one attached hydrogen (secondary N) is 1. The van der Waals surface area contributed by atoms with Crippen molar-refractivity contribution in [3.8, 4) is 0 Å². The lowest BCUT2D eigenvalue weighted by Crippen LogP contribution is -2.40. The van der Waals surface area contributed by atoms with Gasteiger partial charge in [-0.25, -0.2) is 13.2 Å². The Bertz CT molecular complexity index is 1300. The average Bonchev–Trinajstić information content (AvgIpc) is 2.83. The fourth-order valence-electron chi connectivity index (χ4n) is 3.49. The van der Waals surface area contributed by atoms with Crippen molar-refractivity contribution in [2.24, 2.45) is 0 Å². The number of morpholine rings is 1. The number of rotatable bonds is 6. The number of carbonyl (C=O) groups excluding carboxylic acids is 2. The molecule has 1 N–H and O–H groups in total. The fraction of sp³-hybridized carbons (Fsp3) is 0.217. The number of halogens is 1. The van der Waals surface area contributed by atoms with Gasteiger partial charge in [0.1, 0.15) is 4.90 Å². The van der Waals surface area contributed by atoms with Gasteiger partial charge < -0.3 is 14.8 Å². The van der Waals surface area contributed by atoms with E-state index in [-0.39, 0.29) is 41.8 Å². The zero-order chi connectivity index (χ0) is 23.4. The van der Waals surface area contributed by atoms with Crippen molar-refractivity contribution < 1.29 is 27.5 Å². The Morgan fingerprint density at radius 1 is 1.03 bits per heavy atom. The highest BCUT2D eigenvalue weighted by Gasteiger charge is 2.29. The molecule has 0 spiro atoms. The molecular formula is C23H21ClN2O6S. The van der Waals surface area contributed by atoms with Crippen molar-refractivity contribution in [1.29, 1.82) is 0 Å². The normalized spacial score (nSPS) is 14.7. The van der Waals surface area contributed by atoms with E-state index < -0.39 is 28.5 Å². The summed E-state index contributed by atoms with van der Waals surface area (Å²) in [5.74, 6) is -1.35. The lowest BCUT2D eigenvalue weighted by molar-refractivity contribution is -0.119. The Labute approximate surface area is 196 Å². The Balaban J connectivity index is 1.44. The SMILES string of the molecule is O=C(COC(=O)c1ccc(Cl)c(S(=O)(=O)N2CCOCC2)c1)Nc1cccc2ccccc12. The molecule has 0 radical (unpaired) electrons. The van der Waals surface area contributed by atoms with Crippen LogP contribution in [0.4, 0.5) is 5.69 Å². The molecule has 3 aromatic rings. The van der Waals surface area contributed by atoms with Crippen LogP contribution in [0.15, 0.2) is 65.6 Å². The van der Waals surface area contributed by atoms with Crippen LogP contribution in [0, 0.1) is 0 Å². The summed E-state index contributed by atoms with van der Waals surface area (Å²) in [5, 5.41) is 4.54. The van der Waals surface area contributed by atoms with Crippen LogP contribution >= 0.6 is 11.6 Å². The first-order valence-corrected chi connectivity index (χ1v) is 12.0. The van der Waals surface area contributed by atoms with E-state index in [0.717, 1.165) is 16.8 Å². The van der Waals surface area contributed by atoms with Gasteiger partial charge in [-0.15, -0.1) is 0 Å². The molecule has 3 aromatic carbocycles. The Morgan fingerprint density at radius 3 is 2.55 bits per heavy atom. The second-order valence-electron chi connectivity index (χ2n) is 7.31. The molecule has 0 aromatic heterocycles. The molecule has 8 nitrogen and oxygen atoms in total. The second-order valence-corrected chi connectivity index (χ2v) is 9.63. The Morgan fingerprint density at radius 2 is 1.76 bits per heavy atom. The molecule has 10 heteroatoms.